The van der Waals surface area contributed by atoms with Crippen molar-refractivity contribution in [3.8, 4) is 0 Å². The van der Waals surface area contributed by atoms with E-state index in [9.17, 15) is 9.59 Å². The summed E-state index contributed by atoms with van der Waals surface area (Å²) in [5, 5.41) is 0.680. The normalized spacial score (nSPS) is 14.9. The van der Waals surface area contributed by atoms with Gasteiger partial charge < -0.3 is 14.4 Å². The lowest BCUT2D eigenvalue weighted by Crippen LogP contribution is -2.51. The molecule has 0 spiro atoms. The smallest absolute Gasteiger partial charge is 0.242 e. The molecule has 0 atom stereocenters. The van der Waals surface area contributed by atoms with Crippen LogP contribution >= 0.6 is 11.6 Å². The molecular formula is C18H21ClN4O2. The third kappa shape index (κ3) is 4.39. The Morgan fingerprint density at radius 2 is 2.00 bits per heavy atom. The van der Waals surface area contributed by atoms with E-state index in [1.54, 1.807) is 22.3 Å². The van der Waals surface area contributed by atoms with Gasteiger partial charge in [-0.15, -0.1) is 0 Å². The highest BCUT2D eigenvalue weighted by atomic mass is 35.5. The molecule has 0 aliphatic carbocycles. The summed E-state index contributed by atoms with van der Waals surface area (Å²) in [6, 6.07) is 7.47. The molecule has 1 aromatic carbocycles. The van der Waals surface area contributed by atoms with Gasteiger partial charge >= 0.3 is 0 Å². The molecule has 7 heteroatoms. The van der Waals surface area contributed by atoms with Crippen molar-refractivity contribution in [1.29, 1.82) is 0 Å². The summed E-state index contributed by atoms with van der Waals surface area (Å²) >= 11 is 5.88. The Kier molecular flexibility index (Phi) is 5.38. The number of carbonyl (C=O) groups is 2. The van der Waals surface area contributed by atoms with Gasteiger partial charge in [0.1, 0.15) is 0 Å². The third-order valence-electron chi connectivity index (χ3n) is 4.47. The van der Waals surface area contributed by atoms with Gasteiger partial charge in [-0.1, -0.05) is 23.7 Å². The van der Waals surface area contributed by atoms with Crippen molar-refractivity contribution in [2.75, 3.05) is 19.6 Å². The fraction of sp³-hybridized carbons (Fsp3) is 0.389. The molecule has 0 saturated carbocycles. The molecule has 3 rings (SSSR count). The van der Waals surface area contributed by atoms with Crippen LogP contribution in [0.4, 0.5) is 0 Å². The zero-order chi connectivity index (χ0) is 17.8. The van der Waals surface area contributed by atoms with E-state index in [1.807, 2.05) is 35.9 Å². The van der Waals surface area contributed by atoms with E-state index in [0.29, 0.717) is 37.5 Å². The summed E-state index contributed by atoms with van der Waals surface area (Å²) in [5.41, 5.74) is 2.05. The van der Waals surface area contributed by atoms with Crippen molar-refractivity contribution in [3.05, 3.63) is 53.1 Å². The molecule has 2 amide bonds. The molecule has 2 heterocycles. The predicted molar refractivity (Wildman–Crippen MR) is 95.0 cm³/mol. The van der Waals surface area contributed by atoms with Crippen LogP contribution in [0.15, 0.2) is 36.8 Å². The Labute approximate surface area is 152 Å². The Morgan fingerprint density at radius 3 is 2.64 bits per heavy atom. The minimum absolute atomic E-state index is 0.0145. The number of hydrogen-bond donors (Lipinski definition) is 0. The van der Waals surface area contributed by atoms with Crippen LogP contribution in [-0.2, 0) is 29.6 Å². The second-order valence-corrected chi connectivity index (χ2v) is 6.69. The first-order valence-corrected chi connectivity index (χ1v) is 8.66. The van der Waals surface area contributed by atoms with Crippen LogP contribution in [0, 0.1) is 0 Å². The van der Waals surface area contributed by atoms with Crippen molar-refractivity contribution in [2.45, 2.75) is 19.4 Å². The second-order valence-electron chi connectivity index (χ2n) is 6.25. The van der Waals surface area contributed by atoms with Gasteiger partial charge in [-0.25, -0.2) is 4.98 Å². The Balaban J connectivity index is 1.50. The maximum absolute atomic E-state index is 12.4. The van der Waals surface area contributed by atoms with Crippen molar-refractivity contribution in [3.63, 3.8) is 0 Å². The van der Waals surface area contributed by atoms with Crippen LogP contribution in [0.5, 0.6) is 0 Å². The van der Waals surface area contributed by atoms with E-state index in [1.165, 1.54) is 0 Å². The minimum atomic E-state index is -0.0184. The zero-order valence-electron chi connectivity index (χ0n) is 14.2. The van der Waals surface area contributed by atoms with Crippen LogP contribution in [0.2, 0.25) is 5.02 Å². The van der Waals surface area contributed by atoms with Crippen molar-refractivity contribution in [2.24, 2.45) is 7.05 Å². The molecule has 6 nitrogen and oxygen atoms in total. The van der Waals surface area contributed by atoms with Crippen LogP contribution < -0.4 is 0 Å². The van der Waals surface area contributed by atoms with Crippen LogP contribution in [0.25, 0.3) is 0 Å². The van der Waals surface area contributed by atoms with E-state index in [-0.39, 0.29) is 18.4 Å². The molecule has 0 unspecified atom stereocenters. The second kappa shape index (κ2) is 7.70. The molecule has 1 saturated heterocycles. The highest BCUT2D eigenvalue weighted by Crippen LogP contribution is 2.14. The van der Waals surface area contributed by atoms with Crippen molar-refractivity contribution in [1.82, 2.24) is 19.4 Å². The number of nitrogens with zero attached hydrogens (tertiary/aromatic N) is 4. The lowest BCUT2D eigenvalue weighted by molar-refractivity contribution is -0.145. The Bertz CT molecular complexity index is 757. The van der Waals surface area contributed by atoms with Crippen molar-refractivity contribution >= 4 is 23.4 Å². The van der Waals surface area contributed by atoms with E-state index >= 15 is 0 Å². The molecule has 0 radical (unpaired) electrons. The first-order chi connectivity index (χ1) is 12.0. The number of halogens is 1. The molecule has 2 aromatic rings. The summed E-state index contributed by atoms with van der Waals surface area (Å²) in [6.07, 6.45) is 4.51. The lowest BCUT2D eigenvalue weighted by Gasteiger charge is -2.34. The van der Waals surface area contributed by atoms with Gasteiger partial charge in [0.25, 0.3) is 0 Å². The highest BCUT2D eigenvalue weighted by Gasteiger charge is 2.26. The monoisotopic (exact) mass is 360 g/mol. The van der Waals surface area contributed by atoms with E-state index in [2.05, 4.69) is 4.98 Å². The van der Waals surface area contributed by atoms with Gasteiger partial charge in [0.15, 0.2) is 0 Å². The molecule has 1 aromatic heterocycles. The number of aromatic nitrogens is 2. The molecular weight excluding hydrogens is 340 g/mol. The van der Waals surface area contributed by atoms with E-state index in [4.69, 9.17) is 11.6 Å². The maximum atomic E-state index is 12.4. The van der Waals surface area contributed by atoms with Gasteiger partial charge in [-0.3, -0.25) is 9.59 Å². The summed E-state index contributed by atoms with van der Waals surface area (Å²) in [4.78, 5) is 32.2. The van der Waals surface area contributed by atoms with Crippen molar-refractivity contribution < 1.29 is 9.59 Å². The number of benzene rings is 1. The third-order valence-corrected chi connectivity index (χ3v) is 4.72. The van der Waals surface area contributed by atoms with Gasteiger partial charge in [0, 0.05) is 50.0 Å². The Hall–Kier alpha value is -2.34. The summed E-state index contributed by atoms with van der Waals surface area (Å²) < 4.78 is 1.91. The molecule has 1 aliphatic heterocycles. The number of imidazole rings is 1. The SMILES string of the molecule is Cn1cncc1CCC(=O)N1CCN(Cc2ccc(Cl)cc2)C(=O)C1. The van der Waals surface area contributed by atoms with Gasteiger partial charge in [0.2, 0.25) is 11.8 Å². The number of amides is 2. The summed E-state index contributed by atoms with van der Waals surface area (Å²) in [6.45, 7) is 1.83. The lowest BCUT2D eigenvalue weighted by atomic mass is 10.1. The van der Waals surface area contributed by atoms with Gasteiger partial charge in [-0.2, -0.15) is 0 Å². The average Bonchev–Trinajstić information content (AvgIpc) is 3.01. The van der Waals surface area contributed by atoms with Gasteiger partial charge in [-0.05, 0) is 24.1 Å². The number of hydrogen-bond acceptors (Lipinski definition) is 3. The van der Waals surface area contributed by atoms with Crippen LogP contribution in [0.1, 0.15) is 17.7 Å². The molecule has 0 N–H and O–H groups in total. The van der Waals surface area contributed by atoms with Crippen LogP contribution in [0.3, 0.4) is 0 Å². The average molecular weight is 361 g/mol. The first-order valence-electron chi connectivity index (χ1n) is 8.28. The number of piperazine rings is 1. The summed E-state index contributed by atoms with van der Waals surface area (Å²) in [5.74, 6) is -0.00391. The van der Waals surface area contributed by atoms with Gasteiger partial charge in [0.05, 0.1) is 12.9 Å². The number of carbonyl (C=O) groups excluding carboxylic acids is 2. The maximum Gasteiger partial charge on any atom is 0.242 e. The predicted octanol–water partition coefficient (Wildman–Crippen LogP) is 1.88. The molecule has 1 aliphatic rings. The standard InChI is InChI=1S/C18H21ClN4O2/c1-21-13-20-10-16(21)6-7-17(24)23-9-8-22(18(25)12-23)11-14-2-4-15(19)5-3-14/h2-5,10,13H,6-9,11-12H2,1H3. The highest BCUT2D eigenvalue weighted by molar-refractivity contribution is 6.30. The first kappa shape index (κ1) is 17.5. The number of aryl methyl sites for hydroxylation is 2. The zero-order valence-corrected chi connectivity index (χ0v) is 14.9. The molecule has 132 valence electrons. The molecule has 25 heavy (non-hydrogen) atoms. The summed E-state index contributed by atoms with van der Waals surface area (Å²) in [7, 11) is 1.91. The molecule has 0 bridgehead atoms. The van der Waals surface area contributed by atoms with Crippen LogP contribution in [-0.4, -0.2) is 50.8 Å². The Morgan fingerprint density at radius 1 is 1.24 bits per heavy atom. The fourth-order valence-corrected chi connectivity index (χ4v) is 3.04. The topological polar surface area (TPSA) is 58.4 Å². The minimum Gasteiger partial charge on any atom is -0.338 e. The van der Waals surface area contributed by atoms with E-state index in [0.717, 1.165) is 11.3 Å². The fourth-order valence-electron chi connectivity index (χ4n) is 2.92. The number of rotatable bonds is 5. The quantitative estimate of drug-likeness (QED) is 0.818. The van der Waals surface area contributed by atoms with E-state index < -0.39 is 0 Å². The largest absolute Gasteiger partial charge is 0.338 e. The molecule has 1 fully saturated rings.